The lowest BCUT2D eigenvalue weighted by molar-refractivity contribution is -0.143. The van der Waals surface area contributed by atoms with Gasteiger partial charge in [0, 0.05) is 18.9 Å². The maximum absolute atomic E-state index is 11.6. The van der Waals surface area contributed by atoms with Gasteiger partial charge in [-0.2, -0.15) is 0 Å². The van der Waals surface area contributed by atoms with Gasteiger partial charge in [0.05, 0.1) is 0 Å². The van der Waals surface area contributed by atoms with Gasteiger partial charge in [-0.25, -0.2) is 4.79 Å². The lowest BCUT2D eigenvalue weighted by Gasteiger charge is -2.17. The van der Waals surface area contributed by atoms with Crippen LogP contribution in [0, 0.1) is 5.92 Å². The van der Waals surface area contributed by atoms with Gasteiger partial charge in [-0.15, -0.1) is 0 Å². The van der Waals surface area contributed by atoms with Crippen LogP contribution in [0.4, 0.5) is 0 Å². The number of aliphatic carboxylic acids is 2. The summed E-state index contributed by atoms with van der Waals surface area (Å²) in [6, 6.07) is -1.15. The Kier molecular flexibility index (Phi) is 7.69. The molecule has 2 atom stereocenters. The van der Waals surface area contributed by atoms with Crippen molar-refractivity contribution in [3.63, 3.8) is 0 Å². The van der Waals surface area contributed by atoms with E-state index in [1.54, 1.807) is 6.92 Å². The van der Waals surface area contributed by atoms with E-state index < -0.39 is 23.9 Å². The van der Waals surface area contributed by atoms with Gasteiger partial charge in [-0.3, -0.25) is 9.59 Å². The standard InChI is InChI=1S/C11H20N2O5/c1-3-12-6-7(2)10(16)13-8(11(17)18)4-5-9(14)15/h7-8,12H,3-6H2,1-2H3,(H,13,16)(H,14,15)(H,17,18)/t7?,8-/m0/s1. The number of hydrogen-bond donors (Lipinski definition) is 4. The Bertz CT molecular complexity index is 306. The number of carbonyl (C=O) groups is 3. The van der Waals surface area contributed by atoms with E-state index in [0.29, 0.717) is 6.54 Å². The molecule has 0 spiro atoms. The third kappa shape index (κ3) is 6.85. The normalized spacial score (nSPS) is 13.7. The lowest BCUT2D eigenvalue weighted by Crippen LogP contribution is -2.45. The second-order valence-corrected chi connectivity index (χ2v) is 4.04. The van der Waals surface area contributed by atoms with Gasteiger partial charge in [0.1, 0.15) is 6.04 Å². The Balaban J connectivity index is 4.26. The Hall–Kier alpha value is -1.63. The topological polar surface area (TPSA) is 116 Å². The van der Waals surface area contributed by atoms with E-state index in [1.807, 2.05) is 6.92 Å². The van der Waals surface area contributed by atoms with E-state index in [2.05, 4.69) is 10.6 Å². The van der Waals surface area contributed by atoms with Crippen LogP contribution in [0.15, 0.2) is 0 Å². The molecule has 0 bridgehead atoms. The maximum Gasteiger partial charge on any atom is 0.326 e. The van der Waals surface area contributed by atoms with E-state index in [0.717, 1.165) is 6.54 Å². The molecule has 0 saturated heterocycles. The predicted octanol–water partition coefficient (Wildman–Crippen LogP) is -0.334. The number of amides is 1. The minimum atomic E-state index is -1.22. The van der Waals surface area contributed by atoms with Crippen molar-refractivity contribution in [3.05, 3.63) is 0 Å². The van der Waals surface area contributed by atoms with Crippen LogP contribution in [0.5, 0.6) is 0 Å². The first-order valence-corrected chi connectivity index (χ1v) is 5.84. The summed E-state index contributed by atoms with van der Waals surface area (Å²) >= 11 is 0. The van der Waals surface area contributed by atoms with Gasteiger partial charge in [-0.05, 0) is 13.0 Å². The Morgan fingerprint density at radius 3 is 2.28 bits per heavy atom. The molecule has 0 aliphatic carbocycles. The highest BCUT2D eigenvalue weighted by Crippen LogP contribution is 2.01. The quantitative estimate of drug-likeness (QED) is 0.451. The Morgan fingerprint density at radius 2 is 1.83 bits per heavy atom. The van der Waals surface area contributed by atoms with Gasteiger partial charge in [0.2, 0.25) is 5.91 Å². The zero-order valence-corrected chi connectivity index (χ0v) is 10.6. The van der Waals surface area contributed by atoms with Crippen LogP contribution in [-0.4, -0.2) is 47.2 Å². The molecule has 0 aromatic rings. The lowest BCUT2D eigenvalue weighted by atomic mass is 10.1. The summed E-state index contributed by atoms with van der Waals surface area (Å²) in [6.45, 7) is 4.75. The van der Waals surface area contributed by atoms with E-state index in [-0.39, 0.29) is 18.8 Å². The summed E-state index contributed by atoms with van der Waals surface area (Å²) in [4.78, 5) is 32.9. The molecule has 1 unspecified atom stereocenters. The SMILES string of the molecule is CCNCC(C)C(=O)N[C@@H](CCC(=O)O)C(=O)O. The highest BCUT2D eigenvalue weighted by Gasteiger charge is 2.23. The molecule has 0 rings (SSSR count). The van der Waals surface area contributed by atoms with Crippen LogP contribution in [0.25, 0.3) is 0 Å². The zero-order chi connectivity index (χ0) is 14.1. The number of hydrogen-bond acceptors (Lipinski definition) is 4. The molecule has 7 nitrogen and oxygen atoms in total. The largest absolute Gasteiger partial charge is 0.481 e. The van der Waals surface area contributed by atoms with Crippen molar-refractivity contribution in [1.29, 1.82) is 0 Å². The molecule has 104 valence electrons. The molecular weight excluding hydrogens is 240 g/mol. The molecule has 18 heavy (non-hydrogen) atoms. The smallest absolute Gasteiger partial charge is 0.326 e. The van der Waals surface area contributed by atoms with Crippen LogP contribution in [-0.2, 0) is 14.4 Å². The second-order valence-electron chi connectivity index (χ2n) is 4.04. The molecule has 0 saturated carbocycles. The molecule has 0 heterocycles. The summed E-state index contributed by atoms with van der Waals surface area (Å²) in [5, 5.41) is 22.7. The molecule has 0 radical (unpaired) electrons. The van der Waals surface area contributed by atoms with E-state index in [1.165, 1.54) is 0 Å². The van der Waals surface area contributed by atoms with Gasteiger partial charge in [-0.1, -0.05) is 13.8 Å². The first-order valence-electron chi connectivity index (χ1n) is 5.84. The minimum absolute atomic E-state index is 0.121. The third-order valence-corrected chi connectivity index (χ3v) is 2.41. The van der Waals surface area contributed by atoms with Crippen molar-refractivity contribution >= 4 is 17.8 Å². The molecule has 0 fully saturated rings. The highest BCUT2D eigenvalue weighted by atomic mass is 16.4. The van der Waals surface area contributed by atoms with Gasteiger partial charge < -0.3 is 20.8 Å². The van der Waals surface area contributed by atoms with E-state index in [9.17, 15) is 14.4 Å². The summed E-state index contributed by atoms with van der Waals surface area (Å²) in [5.41, 5.74) is 0. The van der Waals surface area contributed by atoms with Crippen molar-refractivity contribution in [1.82, 2.24) is 10.6 Å². The summed E-state index contributed by atoms with van der Waals surface area (Å²) < 4.78 is 0. The van der Waals surface area contributed by atoms with Gasteiger partial charge >= 0.3 is 11.9 Å². The Labute approximate surface area is 106 Å². The number of carboxylic acids is 2. The molecular formula is C11H20N2O5. The van der Waals surface area contributed by atoms with Crippen molar-refractivity contribution in [2.24, 2.45) is 5.92 Å². The van der Waals surface area contributed by atoms with E-state index >= 15 is 0 Å². The van der Waals surface area contributed by atoms with Crippen LogP contribution in [0.3, 0.4) is 0 Å². The summed E-state index contributed by atoms with van der Waals surface area (Å²) in [7, 11) is 0. The number of rotatable bonds is 9. The second kappa shape index (κ2) is 8.46. The van der Waals surface area contributed by atoms with Crippen LogP contribution in [0.1, 0.15) is 26.7 Å². The number of carboxylic acid groups (broad SMARTS) is 2. The van der Waals surface area contributed by atoms with Crippen LogP contribution >= 0.6 is 0 Å². The summed E-state index contributed by atoms with van der Waals surface area (Å²) in [5.74, 6) is -3.07. The van der Waals surface area contributed by atoms with E-state index in [4.69, 9.17) is 10.2 Å². The zero-order valence-electron chi connectivity index (χ0n) is 10.6. The van der Waals surface area contributed by atoms with Crippen LogP contribution < -0.4 is 10.6 Å². The number of carbonyl (C=O) groups excluding carboxylic acids is 1. The maximum atomic E-state index is 11.6. The molecule has 0 aliphatic rings. The average molecular weight is 260 g/mol. The molecule has 7 heteroatoms. The van der Waals surface area contributed by atoms with Gasteiger partial charge in [0.25, 0.3) is 0 Å². The fourth-order valence-corrected chi connectivity index (χ4v) is 1.29. The fourth-order valence-electron chi connectivity index (χ4n) is 1.29. The average Bonchev–Trinajstić information content (AvgIpc) is 2.30. The molecule has 0 aromatic heterocycles. The van der Waals surface area contributed by atoms with Crippen molar-refractivity contribution in [2.45, 2.75) is 32.7 Å². The molecule has 0 aromatic carbocycles. The van der Waals surface area contributed by atoms with Crippen LogP contribution in [0.2, 0.25) is 0 Å². The molecule has 1 amide bonds. The highest BCUT2D eigenvalue weighted by molar-refractivity contribution is 5.85. The van der Waals surface area contributed by atoms with Gasteiger partial charge in [0.15, 0.2) is 0 Å². The Morgan fingerprint density at radius 1 is 1.22 bits per heavy atom. The first kappa shape index (κ1) is 16.4. The predicted molar refractivity (Wildman–Crippen MR) is 64.1 cm³/mol. The monoisotopic (exact) mass is 260 g/mol. The first-order chi connectivity index (χ1) is 8.38. The number of nitrogens with one attached hydrogen (secondary N) is 2. The summed E-state index contributed by atoms with van der Waals surface area (Å²) in [6.07, 6.45) is -0.414. The van der Waals surface area contributed by atoms with Crippen molar-refractivity contribution in [2.75, 3.05) is 13.1 Å². The minimum Gasteiger partial charge on any atom is -0.481 e. The third-order valence-electron chi connectivity index (χ3n) is 2.41. The van der Waals surface area contributed by atoms with Crippen molar-refractivity contribution < 1.29 is 24.6 Å². The molecule has 4 N–H and O–H groups in total. The van der Waals surface area contributed by atoms with Crippen molar-refractivity contribution in [3.8, 4) is 0 Å². The fraction of sp³-hybridized carbons (Fsp3) is 0.727. The molecule has 0 aliphatic heterocycles.